The Morgan fingerprint density at radius 2 is 2.11 bits per heavy atom. The Hall–Kier alpha value is -1.75. The highest BCUT2D eigenvalue weighted by Crippen LogP contribution is 2.23. The highest BCUT2D eigenvalue weighted by Gasteiger charge is 2.20. The molecule has 5 nitrogen and oxygen atoms in total. The molecule has 1 atom stereocenters. The standard InChI is InChI=1S/C14H20N4O/c1-4-7-18-8-6-15-14(18)13(19)11-9-10(3)16-17-12(11)5-2/h6,8-9,13,19H,4-5,7H2,1-3H3. The molecule has 0 saturated heterocycles. The summed E-state index contributed by atoms with van der Waals surface area (Å²) < 4.78 is 1.99. The highest BCUT2D eigenvalue weighted by molar-refractivity contribution is 5.28. The van der Waals surface area contributed by atoms with Crippen LogP contribution in [0.15, 0.2) is 18.5 Å². The van der Waals surface area contributed by atoms with Crippen molar-refractivity contribution in [1.29, 1.82) is 0 Å². The van der Waals surface area contributed by atoms with E-state index in [2.05, 4.69) is 22.1 Å². The average Bonchev–Trinajstić information content (AvgIpc) is 2.86. The van der Waals surface area contributed by atoms with Crippen LogP contribution in [-0.2, 0) is 13.0 Å². The summed E-state index contributed by atoms with van der Waals surface area (Å²) in [6.45, 7) is 6.84. The zero-order valence-electron chi connectivity index (χ0n) is 11.7. The molecule has 0 saturated carbocycles. The maximum atomic E-state index is 10.6. The first kappa shape index (κ1) is 13.7. The zero-order valence-corrected chi connectivity index (χ0v) is 11.7. The number of aryl methyl sites for hydroxylation is 3. The van der Waals surface area contributed by atoms with Crippen LogP contribution in [0.5, 0.6) is 0 Å². The smallest absolute Gasteiger partial charge is 0.142 e. The number of nitrogens with zero attached hydrogens (tertiary/aromatic N) is 4. The fraction of sp³-hybridized carbons (Fsp3) is 0.500. The van der Waals surface area contributed by atoms with E-state index in [0.29, 0.717) is 5.82 Å². The number of aliphatic hydroxyl groups excluding tert-OH is 1. The van der Waals surface area contributed by atoms with E-state index in [-0.39, 0.29) is 0 Å². The van der Waals surface area contributed by atoms with Crippen molar-refractivity contribution in [2.24, 2.45) is 0 Å². The molecule has 0 aromatic carbocycles. The van der Waals surface area contributed by atoms with Gasteiger partial charge in [0.15, 0.2) is 0 Å². The summed E-state index contributed by atoms with van der Waals surface area (Å²) in [5, 5.41) is 18.8. The molecule has 2 aromatic heterocycles. The van der Waals surface area contributed by atoms with Crippen molar-refractivity contribution in [3.05, 3.63) is 41.2 Å². The van der Waals surface area contributed by atoms with Crippen LogP contribution >= 0.6 is 0 Å². The third-order valence-electron chi connectivity index (χ3n) is 3.11. The lowest BCUT2D eigenvalue weighted by molar-refractivity contribution is 0.202. The van der Waals surface area contributed by atoms with Crippen LogP contribution < -0.4 is 0 Å². The molecule has 19 heavy (non-hydrogen) atoms. The van der Waals surface area contributed by atoms with Crippen molar-refractivity contribution in [3.63, 3.8) is 0 Å². The van der Waals surface area contributed by atoms with Crippen LogP contribution in [0.2, 0.25) is 0 Å². The van der Waals surface area contributed by atoms with Gasteiger partial charge >= 0.3 is 0 Å². The average molecular weight is 260 g/mol. The summed E-state index contributed by atoms with van der Waals surface area (Å²) in [5.74, 6) is 0.670. The van der Waals surface area contributed by atoms with Crippen molar-refractivity contribution in [3.8, 4) is 0 Å². The van der Waals surface area contributed by atoms with Gasteiger partial charge in [0.1, 0.15) is 11.9 Å². The van der Waals surface area contributed by atoms with Crippen molar-refractivity contribution >= 4 is 0 Å². The molecule has 0 aliphatic carbocycles. The van der Waals surface area contributed by atoms with Crippen LogP contribution in [0.1, 0.15) is 49.1 Å². The monoisotopic (exact) mass is 260 g/mol. The predicted molar refractivity (Wildman–Crippen MR) is 72.7 cm³/mol. The lowest BCUT2D eigenvalue weighted by atomic mass is 10.1. The normalized spacial score (nSPS) is 12.6. The van der Waals surface area contributed by atoms with Gasteiger partial charge in [0.05, 0.1) is 11.4 Å². The summed E-state index contributed by atoms with van der Waals surface area (Å²) in [5.41, 5.74) is 2.43. The highest BCUT2D eigenvalue weighted by atomic mass is 16.3. The summed E-state index contributed by atoms with van der Waals surface area (Å²) >= 11 is 0. The minimum absolute atomic E-state index is 0.670. The van der Waals surface area contributed by atoms with E-state index in [0.717, 1.165) is 36.3 Å². The Morgan fingerprint density at radius 3 is 2.79 bits per heavy atom. The summed E-state index contributed by atoms with van der Waals surface area (Å²) in [4.78, 5) is 4.28. The minimum Gasteiger partial charge on any atom is -0.380 e. The molecule has 0 spiro atoms. The van der Waals surface area contributed by atoms with Gasteiger partial charge in [-0.05, 0) is 25.8 Å². The SMILES string of the molecule is CCCn1ccnc1C(O)c1cc(C)nnc1CC. The molecule has 102 valence electrons. The van der Waals surface area contributed by atoms with Gasteiger partial charge in [-0.2, -0.15) is 10.2 Å². The molecule has 1 N–H and O–H groups in total. The molecule has 1 unspecified atom stereocenters. The number of hydrogen-bond acceptors (Lipinski definition) is 4. The Labute approximate surface area is 113 Å². The molecule has 2 heterocycles. The summed E-state index contributed by atoms with van der Waals surface area (Å²) in [7, 11) is 0. The maximum absolute atomic E-state index is 10.6. The summed E-state index contributed by atoms with van der Waals surface area (Å²) in [6, 6.07) is 1.89. The van der Waals surface area contributed by atoms with Gasteiger partial charge in [-0.3, -0.25) is 0 Å². The van der Waals surface area contributed by atoms with E-state index >= 15 is 0 Å². The van der Waals surface area contributed by atoms with Crippen LogP contribution in [-0.4, -0.2) is 24.9 Å². The zero-order chi connectivity index (χ0) is 13.8. The van der Waals surface area contributed by atoms with Gasteiger partial charge in [-0.25, -0.2) is 4.98 Å². The fourth-order valence-corrected chi connectivity index (χ4v) is 2.18. The first-order chi connectivity index (χ1) is 9.17. The third kappa shape index (κ3) is 2.81. The van der Waals surface area contributed by atoms with Gasteiger partial charge < -0.3 is 9.67 Å². The van der Waals surface area contributed by atoms with E-state index in [1.54, 1.807) is 6.20 Å². The van der Waals surface area contributed by atoms with E-state index in [1.807, 2.05) is 30.7 Å². The van der Waals surface area contributed by atoms with Gasteiger partial charge in [-0.15, -0.1) is 0 Å². The first-order valence-electron chi connectivity index (χ1n) is 6.69. The molecule has 0 radical (unpaired) electrons. The quantitative estimate of drug-likeness (QED) is 0.893. The molecule has 0 aliphatic rings. The molecule has 0 bridgehead atoms. The van der Waals surface area contributed by atoms with E-state index in [1.165, 1.54) is 0 Å². The third-order valence-corrected chi connectivity index (χ3v) is 3.11. The number of aromatic nitrogens is 4. The lowest BCUT2D eigenvalue weighted by Crippen LogP contribution is -2.13. The predicted octanol–water partition coefficient (Wildman–Crippen LogP) is 2.04. The molecule has 0 fully saturated rings. The number of hydrogen-bond donors (Lipinski definition) is 1. The lowest BCUT2D eigenvalue weighted by Gasteiger charge is -2.15. The number of imidazole rings is 1. The Balaban J connectivity index is 2.40. The largest absolute Gasteiger partial charge is 0.380 e. The Morgan fingerprint density at radius 1 is 1.32 bits per heavy atom. The first-order valence-corrected chi connectivity index (χ1v) is 6.69. The summed E-state index contributed by atoms with van der Waals surface area (Å²) in [6.07, 6.45) is 4.63. The molecule has 5 heteroatoms. The van der Waals surface area contributed by atoms with E-state index in [4.69, 9.17) is 0 Å². The second-order valence-corrected chi connectivity index (χ2v) is 4.62. The van der Waals surface area contributed by atoms with E-state index < -0.39 is 6.10 Å². The number of aliphatic hydroxyl groups is 1. The van der Waals surface area contributed by atoms with Crippen molar-refractivity contribution in [1.82, 2.24) is 19.7 Å². The molecule has 2 aromatic rings. The van der Waals surface area contributed by atoms with Crippen LogP contribution in [0.3, 0.4) is 0 Å². The van der Waals surface area contributed by atoms with E-state index in [9.17, 15) is 5.11 Å². The van der Waals surface area contributed by atoms with Gasteiger partial charge in [0.25, 0.3) is 0 Å². The second-order valence-electron chi connectivity index (χ2n) is 4.62. The van der Waals surface area contributed by atoms with Crippen molar-refractivity contribution in [2.45, 2.75) is 46.3 Å². The molecule has 2 rings (SSSR count). The maximum Gasteiger partial charge on any atom is 0.142 e. The second kappa shape index (κ2) is 5.93. The Kier molecular flexibility index (Phi) is 4.27. The molecular formula is C14H20N4O. The van der Waals surface area contributed by atoms with Crippen LogP contribution in [0.4, 0.5) is 0 Å². The van der Waals surface area contributed by atoms with Crippen LogP contribution in [0.25, 0.3) is 0 Å². The van der Waals surface area contributed by atoms with Gasteiger partial charge in [0, 0.05) is 24.5 Å². The number of rotatable bonds is 5. The Bertz CT molecular complexity index is 550. The van der Waals surface area contributed by atoms with Crippen LogP contribution in [0, 0.1) is 6.92 Å². The molecular weight excluding hydrogens is 240 g/mol. The van der Waals surface area contributed by atoms with Crippen molar-refractivity contribution < 1.29 is 5.11 Å². The minimum atomic E-state index is -0.745. The van der Waals surface area contributed by atoms with Gasteiger partial charge in [0.2, 0.25) is 0 Å². The van der Waals surface area contributed by atoms with Crippen molar-refractivity contribution in [2.75, 3.05) is 0 Å². The molecule has 0 aliphatic heterocycles. The fourth-order valence-electron chi connectivity index (χ4n) is 2.18. The molecule has 0 amide bonds. The topological polar surface area (TPSA) is 63.8 Å². The van der Waals surface area contributed by atoms with Gasteiger partial charge in [-0.1, -0.05) is 13.8 Å².